The molecule has 0 aliphatic carbocycles. The molecule has 158 valence electrons. The Labute approximate surface area is 176 Å². The number of alkyl halides is 2. The highest BCUT2D eigenvalue weighted by molar-refractivity contribution is 7.99. The Balaban J connectivity index is 1.59. The second-order valence-corrected chi connectivity index (χ2v) is 8.02. The molecule has 10 heteroatoms. The number of amides is 1. The molecule has 1 unspecified atom stereocenters. The Morgan fingerprint density at radius 3 is 2.93 bits per heavy atom. The molecule has 1 saturated heterocycles. The van der Waals surface area contributed by atoms with E-state index >= 15 is 0 Å². The number of carbonyl (C=O) groups is 1. The van der Waals surface area contributed by atoms with Crippen LogP contribution in [0.1, 0.15) is 24.2 Å². The molecule has 1 amide bonds. The van der Waals surface area contributed by atoms with Crippen LogP contribution < -0.4 is 10.1 Å². The predicted octanol–water partition coefficient (Wildman–Crippen LogP) is 4.66. The van der Waals surface area contributed by atoms with Crippen molar-refractivity contribution in [2.75, 3.05) is 17.7 Å². The number of thioether (sulfide) groups is 1. The van der Waals surface area contributed by atoms with Gasteiger partial charge in [0.2, 0.25) is 5.91 Å². The van der Waals surface area contributed by atoms with Crippen LogP contribution in [-0.4, -0.2) is 40.5 Å². The maximum atomic E-state index is 12.3. The Hall–Kier alpha value is -1.84. The largest absolute Gasteiger partial charge is 0.433 e. The smallest absolute Gasteiger partial charge is 0.387 e. The van der Waals surface area contributed by atoms with Crippen molar-refractivity contribution in [3.05, 3.63) is 34.6 Å². The molecule has 29 heavy (non-hydrogen) atoms. The summed E-state index contributed by atoms with van der Waals surface area (Å²) in [7, 11) is 0. The third kappa shape index (κ3) is 5.83. The number of halogens is 3. The number of ether oxygens (including phenoxy) is 2. The summed E-state index contributed by atoms with van der Waals surface area (Å²) in [6, 6.07) is 4.12. The number of rotatable bonds is 8. The molecule has 6 nitrogen and oxygen atoms in total. The third-order valence-electron chi connectivity index (χ3n) is 4.60. The zero-order chi connectivity index (χ0) is 21.0. The molecule has 0 spiro atoms. The van der Waals surface area contributed by atoms with E-state index in [0.717, 1.165) is 42.5 Å². The number of anilines is 1. The molecule has 1 N–H and O–H groups in total. The Morgan fingerprint density at radius 2 is 2.28 bits per heavy atom. The molecule has 3 rings (SSSR count). The highest BCUT2D eigenvalue weighted by Crippen LogP contribution is 2.29. The normalized spacial score (nSPS) is 16.4. The lowest BCUT2D eigenvalue weighted by atomic mass is 10.2. The predicted molar refractivity (Wildman–Crippen MR) is 108 cm³/mol. The number of aryl methyl sites for hydroxylation is 1. The number of carbonyl (C=O) groups excluding carboxylic acids is 1. The molecular formula is C19H22ClF2N3O3S. The molecule has 0 saturated carbocycles. The van der Waals surface area contributed by atoms with Gasteiger partial charge in [0.1, 0.15) is 5.75 Å². The molecule has 1 aliphatic heterocycles. The Kier molecular flexibility index (Phi) is 7.37. The van der Waals surface area contributed by atoms with Gasteiger partial charge < -0.3 is 19.4 Å². The molecule has 2 aromatic rings. The van der Waals surface area contributed by atoms with Crippen molar-refractivity contribution in [2.24, 2.45) is 0 Å². The van der Waals surface area contributed by atoms with Crippen LogP contribution in [0.3, 0.4) is 0 Å². The van der Waals surface area contributed by atoms with Gasteiger partial charge in [0, 0.05) is 18.0 Å². The number of nitrogens with zero attached hydrogens (tertiary/aromatic N) is 2. The summed E-state index contributed by atoms with van der Waals surface area (Å²) in [4.78, 5) is 16.9. The van der Waals surface area contributed by atoms with Crippen LogP contribution >= 0.6 is 23.4 Å². The molecule has 1 fully saturated rings. The second kappa shape index (κ2) is 9.77. The third-order valence-corrected chi connectivity index (χ3v) is 5.87. The highest BCUT2D eigenvalue weighted by Gasteiger charge is 2.21. The first-order chi connectivity index (χ1) is 13.8. The van der Waals surface area contributed by atoms with Crippen molar-refractivity contribution in [3.8, 4) is 5.75 Å². The summed E-state index contributed by atoms with van der Waals surface area (Å²) in [5.74, 6) is -0.249. The summed E-state index contributed by atoms with van der Waals surface area (Å²) in [6.45, 7) is 2.49. The zero-order valence-corrected chi connectivity index (χ0v) is 17.7. The van der Waals surface area contributed by atoms with Crippen molar-refractivity contribution >= 4 is 35.0 Å². The summed E-state index contributed by atoms with van der Waals surface area (Å²) >= 11 is 7.25. The van der Waals surface area contributed by atoms with E-state index in [-0.39, 0.29) is 28.5 Å². The number of hydrogen-bond donors (Lipinski definition) is 1. The van der Waals surface area contributed by atoms with E-state index in [9.17, 15) is 13.6 Å². The summed E-state index contributed by atoms with van der Waals surface area (Å²) in [5.41, 5.74) is 2.38. The molecule has 0 radical (unpaired) electrons. The number of imidazole rings is 1. The maximum Gasteiger partial charge on any atom is 0.387 e. The van der Waals surface area contributed by atoms with Gasteiger partial charge in [-0.3, -0.25) is 4.79 Å². The van der Waals surface area contributed by atoms with Crippen LogP contribution in [0.2, 0.25) is 5.02 Å². The Morgan fingerprint density at radius 1 is 1.48 bits per heavy atom. The Bertz CT molecular complexity index is 873. The van der Waals surface area contributed by atoms with Gasteiger partial charge in [-0.05, 0) is 44.9 Å². The molecule has 0 bridgehead atoms. The molecule has 1 aromatic carbocycles. The number of hydrogen-bond acceptors (Lipinski definition) is 5. The minimum Gasteiger partial charge on any atom is -0.433 e. The minimum atomic E-state index is -2.96. The molecular weight excluding hydrogens is 424 g/mol. The average Bonchev–Trinajstić information content (AvgIpc) is 3.26. The first-order valence-corrected chi connectivity index (χ1v) is 10.5. The summed E-state index contributed by atoms with van der Waals surface area (Å²) in [6.07, 6.45) is 2.26. The lowest BCUT2D eigenvalue weighted by Crippen LogP contribution is -2.18. The summed E-state index contributed by atoms with van der Waals surface area (Å²) < 4.78 is 36.7. The lowest BCUT2D eigenvalue weighted by Gasteiger charge is -2.14. The maximum absolute atomic E-state index is 12.3. The van der Waals surface area contributed by atoms with Crippen molar-refractivity contribution in [1.82, 2.24) is 9.55 Å². The summed E-state index contributed by atoms with van der Waals surface area (Å²) in [5, 5.41) is 3.46. The fraction of sp³-hybridized carbons (Fsp3) is 0.474. The van der Waals surface area contributed by atoms with Crippen LogP contribution in [0.4, 0.5) is 14.5 Å². The molecule has 1 atom stereocenters. The van der Waals surface area contributed by atoms with Crippen LogP contribution in [-0.2, 0) is 16.1 Å². The number of nitrogens with one attached hydrogen (secondary N) is 1. The van der Waals surface area contributed by atoms with E-state index in [1.807, 2.05) is 13.8 Å². The van der Waals surface area contributed by atoms with Gasteiger partial charge in [0.05, 0.1) is 29.1 Å². The van der Waals surface area contributed by atoms with Crippen LogP contribution in [0.5, 0.6) is 5.75 Å². The van der Waals surface area contributed by atoms with E-state index in [0.29, 0.717) is 5.69 Å². The zero-order valence-electron chi connectivity index (χ0n) is 16.1. The highest BCUT2D eigenvalue weighted by atomic mass is 35.5. The first kappa shape index (κ1) is 21.9. The number of benzene rings is 1. The van der Waals surface area contributed by atoms with Crippen molar-refractivity contribution < 1.29 is 23.0 Å². The van der Waals surface area contributed by atoms with Crippen molar-refractivity contribution in [1.29, 1.82) is 0 Å². The first-order valence-electron chi connectivity index (χ1n) is 9.16. The number of aromatic nitrogens is 2. The van der Waals surface area contributed by atoms with Gasteiger partial charge in [-0.2, -0.15) is 8.78 Å². The van der Waals surface area contributed by atoms with E-state index in [2.05, 4.69) is 19.6 Å². The molecule has 1 aromatic heterocycles. The minimum absolute atomic E-state index is 0.00545. The van der Waals surface area contributed by atoms with Gasteiger partial charge in [-0.25, -0.2) is 4.98 Å². The van der Waals surface area contributed by atoms with Crippen LogP contribution in [0.15, 0.2) is 23.4 Å². The monoisotopic (exact) mass is 445 g/mol. The van der Waals surface area contributed by atoms with E-state index in [4.69, 9.17) is 16.3 Å². The lowest BCUT2D eigenvalue weighted by molar-refractivity contribution is -0.113. The van der Waals surface area contributed by atoms with Gasteiger partial charge in [0.25, 0.3) is 0 Å². The molecule has 1 aliphatic rings. The van der Waals surface area contributed by atoms with E-state index < -0.39 is 6.61 Å². The quantitative estimate of drug-likeness (QED) is 0.598. The van der Waals surface area contributed by atoms with Crippen LogP contribution in [0.25, 0.3) is 0 Å². The van der Waals surface area contributed by atoms with E-state index in [1.165, 1.54) is 30.0 Å². The average molecular weight is 446 g/mol. The standard InChI is InChI=1S/C19H22ClF2N3O3S/c1-11-12(2)25(9-14-4-3-7-27-14)19(23-11)29-10-17(26)24-13-5-6-16(15(20)8-13)28-18(21)22/h5-6,8,14,18H,3-4,7,9-10H2,1-2H3,(H,24,26). The van der Waals surface area contributed by atoms with Crippen molar-refractivity contribution in [2.45, 2.75) is 51.1 Å². The fourth-order valence-electron chi connectivity index (χ4n) is 3.04. The topological polar surface area (TPSA) is 65.4 Å². The van der Waals surface area contributed by atoms with Gasteiger partial charge in [0.15, 0.2) is 5.16 Å². The SMILES string of the molecule is Cc1nc(SCC(=O)Nc2ccc(OC(F)F)c(Cl)c2)n(CC2CCCO2)c1C. The fourth-order valence-corrected chi connectivity index (χ4v) is 4.16. The van der Waals surface area contributed by atoms with Crippen molar-refractivity contribution in [3.63, 3.8) is 0 Å². The second-order valence-electron chi connectivity index (χ2n) is 6.67. The van der Waals surface area contributed by atoms with Gasteiger partial charge in [-0.1, -0.05) is 23.4 Å². The van der Waals surface area contributed by atoms with Crippen LogP contribution in [0, 0.1) is 13.8 Å². The van der Waals surface area contributed by atoms with Gasteiger partial charge in [-0.15, -0.1) is 0 Å². The van der Waals surface area contributed by atoms with Gasteiger partial charge >= 0.3 is 6.61 Å². The van der Waals surface area contributed by atoms with E-state index in [1.54, 1.807) is 0 Å². The molecule has 2 heterocycles.